The van der Waals surface area contributed by atoms with Gasteiger partial charge in [0, 0.05) is 60.0 Å². The van der Waals surface area contributed by atoms with E-state index in [1.54, 1.807) is 6.20 Å². The number of aromatic nitrogens is 5. The Kier molecular flexibility index (Phi) is 5.95. The van der Waals surface area contributed by atoms with Crippen LogP contribution in [-0.4, -0.2) is 54.7 Å². The lowest BCUT2D eigenvalue weighted by atomic mass is 9.97. The van der Waals surface area contributed by atoms with Crippen LogP contribution in [0.25, 0.3) is 22.2 Å². The van der Waals surface area contributed by atoms with E-state index in [0.29, 0.717) is 30.5 Å². The van der Waals surface area contributed by atoms with Crippen LogP contribution in [0.4, 0.5) is 17.6 Å². The molecule has 0 radical (unpaired) electrons. The van der Waals surface area contributed by atoms with Crippen molar-refractivity contribution in [2.45, 2.75) is 57.2 Å². The van der Waals surface area contributed by atoms with Crippen molar-refractivity contribution in [3.05, 3.63) is 54.4 Å². The largest absolute Gasteiger partial charge is 0.351 e. The number of aryl methyl sites for hydroxylation is 1. The van der Waals surface area contributed by atoms with Crippen LogP contribution in [0, 0.1) is 18.3 Å². The Balaban J connectivity index is 1.31. The van der Waals surface area contributed by atoms with E-state index in [0.717, 1.165) is 58.9 Å². The van der Waals surface area contributed by atoms with Gasteiger partial charge in [-0.15, -0.1) is 0 Å². The van der Waals surface area contributed by atoms with Crippen molar-refractivity contribution in [1.82, 2.24) is 30.0 Å². The fourth-order valence-electron chi connectivity index (χ4n) is 5.70. The van der Waals surface area contributed by atoms with Crippen LogP contribution in [0.5, 0.6) is 0 Å². The SMILES string of the molecule is Cc1cc(Nc2nc(N[C@@H]3C[C@H]4CC[C@@H](C3)N4CCC#N)nc3cc(-c4ccccn4)ccc23)n[nH]1. The number of rotatable bonds is 7. The molecule has 0 spiro atoms. The monoisotopic (exact) mass is 479 g/mol. The van der Waals surface area contributed by atoms with E-state index in [-0.39, 0.29) is 0 Å². The zero-order valence-electron chi connectivity index (χ0n) is 20.3. The molecule has 36 heavy (non-hydrogen) atoms. The second-order valence-corrected chi connectivity index (χ2v) is 9.75. The first-order chi connectivity index (χ1) is 17.7. The molecule has 0 aliphatic carbocycles. The molecule has 6 rings (SSSR count). The molecule has 9 heteroatoms. The Morgan fingerprint density at radius 3 is 2.69 bits per heavy atom. The summed E-state index contributed by atoms with van der Waals surface area (Å²) in [6, 6.07) is 17.7. The van der Waals surface area contributed by atoms with Crippen molar-refractivity contribution >= 4 is 28.5 Å². The van der Waals surface area contributed by atoms with Crippen molar-refractivity contribution in [3.63, 3.8) is 0 Å². The van der Waals surface area contributed by atoms with Crippen molar-refractivity contribution in [2.24, 2.45) is 0 Å². The molecule has 2 fully saturated rings. The first-order valence-electron chi connectivity index (χ1n) is 12.6. The number of anilines is 3. The molecular weight excluding hydrogens is 450 g/mol. The summed E-state index contributed by atoms with van der Waals surface area (Å²) in [6.45, 7) is 2.85. The summed E-state index contributed by atoms with van der Waals surface area (Å²) in [6.07, 6.45) is 6.88. The van der Waals surface area contributed by atoms with E-state index in [1.165, 1.54) is 12.8 Å². The molecule has 4 aromatic rings. The molecule has 3 atom stereocenters. The molecule has 2 aliphatic rings. The third kappa shape index (κ3) is 4.48. The Morgan fingerprint density at radius 1 is 1.11 bits per heavy atom. The first kappa shape index (κ1) is 22.4. The Hall–Kier alpha value is -4.03. The van der Waals surface area contributed by atoms with Crippen LogP contribution in [0.2, 0.25) is 0 Å². The van der Waals surface area contributed by atoms with Crippen molar-refractivity contribution in [1.29, 1.82) is 5.26 Å². The summed E-state index contributed by atoms with van der Waals surface area (Å²) in [4.78, 5) is 16.8. The molecule has 2 aliphatic heterocycles. The van der Waals surface area contributed by atoms with E-state index < -0.39 is 0 Å². The summed E-state index contributed by atoms with van der Waals surface area (Å²) in [7, 11) is 0. The molecule has 9 nitrogen and oxygen atoms in total. The van der Waals surface area contributed by atoms with Gasteiger partial charge in [-0.1, -0.05) is 12.1 Å². The highest BCUT2D eigenvalue weighted by Gasteiger charge is 2.40. The number of nitrogens with zero attached hydrogens (tertiary/aromatic N) is 6. The van der Waals surface area contributed by atoms with E-state index in [4.69, 9.17) is 15.2 Å². The van der Waals surface area contributed by atoms with E-state index in [9.17, 15) is 0 Å². The number of hydrogen-bond donors (Lipinski definition) is 3. The van der Waals surface area contributed by atoms with Crippen LogP contribution in [0.1, 0.15) is 37.8 Å². The van der Waals surface area contributed by atoms with E-state index >= 15 is 0 Å². The average molecular weight is 480 g/mol. The van der Waals surface area contributed by atoms with Gasteiger partial charge in [0.1, 0.15) is 5.82 Å². The lowest BCUT2D eigenvalue weighted by Gasteiger charge is -2.38. The van der Waals surface area contributed by atoms with Gasteiger partial charge < -0.3 is 10.6 Å². The van der Waals surface area contributed by atoms with Gasteiger partial charge in [-0.3, -0.25) is 15.0 Å². The summed E-state index contributed by atoms with van der Waals surface area (Å²) in [5.74, 6) is 2.05. The van der Waals surface area contributed by atoms with Crippen molar-refractivity contribution in [2.75, 3.05) is 17.2 Å². The van der Waals surface area contributed by atoms with Crippen molar-refractivity contribution in [3.8, 4) is 17.3 Å². The number of pyridine rings is 1. The number of fused-ring (bicyclic) bond motifs is 3. The summed E-state index contributed by atoms with van der Waals surface area (Å²) in [5.41, 5.74) is 3.74. The molecule has 3 N–H and O–H groups in total. The fourth-order valence-corrected chi connectivity index (χ4v) is 5.70. The molecule has 0 amide bonds. The van der Waals surface area contributed by atoms with Gasteiger partial charge in [-0.25, -0.2) is 4.98 Å². The van der Waals surface area contributed by atoms with Crippen LogP contribution in [0.3, 0.4) is 0 Å². The second-order valence-electron chi connectivity index (χ2n) is 9.75. The molecule has 5 heterocycles. The number of benzene rings is 1. The number of hydrogen-bond acceptors (Lipinski definition) is 8. The molecule has 2 saturated heterocycles. The summed E-state index contributed by atoms with van der Waals surface area (Å²) >= 11 is 0. The zero-order valence-corrected chi connectivity index (χ0v) is 20.3. The zero-order chi connectivity index (χ0) is 24.5. The number of aromatic amines is 1. The maximum absolute atomic E-state index is 9.03. The Morgan fingerprint density at radius 2 is 1.97 bits per heavy atom. The number of piperidine rings is 1. The number of nitrogens with one attached hydrogen (secondary N) is 3. The molecule has 1 aromatic carbocycles. The average Bonchev–Trinajstić information content (AvgIpc) is 3.41. The smallest absolute Gasteiger partial charge is 0.225 e. The van der Waals surface area contributed by atoms with E-state index in [1.807, 2.05) is 37.3 Å². The Bertz CT molecular complexity index is 1390. The molecule has 3 aromatic heterocycles. The van der Waals surface area contributed by atoms with Crippen LogP contribution >= 0.6 is 0 Å². The van der Waals surface area contributed by atoms with Crippen molar-refractivity contribution < 1.29 is 0 Å². The lowest BCUT2D eigenvalue weighted by molar-refractivity contribution is 0.135. The van der Waals surface area contributed by atoms with Gasteiger partial charge in [0.05, 0.1) is 17.3 Å². The minimum Gasteiger partial charge on any atom is -0.351 e. The summed E-state index contributed by atoms with van der Waals surface area (Å²) < 4.78 is 0. The van der Waals surface area contributed by atoms with Gasteiger partial charge in [0.15, 0.2) is 5.82 Å². The highest BCUT2D eigenvalue weighted by molar-refractivity contribution is 5.94. The molecular formula is C27H29N9. The first-order valence-corrected chi connectivity index (χ1v) is 12.6. The van der Waals surface area contributed by atoms with Crippen LogP contribution < -0.4 is 10.6 Å². The maximum atomic E-state index is 9.03. The van der Waals surface area contributed by atoms with Gasteiger partial charge in [0.2, 0.25) is 5.95 Å². The minimum absolute atomic E-state index is 0.303. The predicted molar refractivity (Wildman–Crippen MR) is 140 cm³/mol. The normalized spacial score (nSPS) is 21.4. The van der Waals surface area contributed by atoms with Gasteiger partial charge in [-0.05, 0) is 56.9 Å². The third-order valence-electron chi connectivity index (χ3n) is 7.31. The minimum atomic E-state index is 0.303. The number of nitriles is 1. The quantitative estimate of drug-likeness (QED) is 0.346. The topological polar surface area (TPSA) is 118 Å². The highest BCUT2D eigenvalue weighted by Crippen LogP contribution is 2.37. The Labute approximate surface area is 210 Å². The standard InChI is InChI=1S/C27H29N9/c1-17-13-25(35-34-17)32-26-22-9-6-18(23-5-2-3-11-29-23)14-24(22)31-27(33-26)30-19-15-20-7-8-21(16-19)36(20)12-4-10-28/h2-3,5-6,9,11,13-14,19-21H,4,7-8,12,15-16H2,1H3,(H3,30,31,32,33,34,35)/t19-,20-,21+. The molecule has 0 unspecified atom stereocenters. The maximum Gasteiger partial charge on any atom is 0.225 e. The van der Waals surface area contributed by atoms with Gasteiger partial charge in [-0.2, -0.15) is 15.3 Å². The van der Waals surface area contributed by atoms with Gasteiger partial charge >= 0.3 is 0 Å². The van der Waals surface area contributed by atoms with Crippen LogP contribution in [0.15, 0.2) is 48.7 Å². The fraction of sp³-hybridized carbons (Fsp3) is 0.370. The lowest BCUT2D eigenvalue weighted by Crippen LogP contribution is -2.47. The van der Waals surface area contributed by atoms with E-state index in [2.05, 4.69) is 48.9 Å². The molecule has 2 bridgehead atoms. The molecule has 182 valence electrons. The third-order valence-corrected chi connectivity index (χ3v) is 7.31. The summed E-state index contributed by atoms with van der Waals surface area (Å²) in [5, 5.41) is 24.3. The van der Waals surface area contributed by atoms with Gasteiger partial charge in [0.25, 0.3) is 0 Å². The second kappa shape index (κ2) is 9.55. The number of H-pyrrole nitrogens is 1. The van der Waals surface area contributed by atoms with Crippen LogP contribution in [-0.2, 0) is 0 Å². The highest BCUT2D eigenvalue weighted by atomic mass is 15.3. The predicted octanol–water partition coefficient (Wildman–Crippen LogP) is 4.79. The molecule has 0 saturated carbocycles.